The fraction of sp³-hybridized carbons (Fsp3) is 0.750. The van der Waals surface area contributed by atoms with Crippen LogP contribution in [0.2, 0.25) is 0 Å². The van der Waals surface area contributed by atoms with E-state index in [1.807, 2.05) is 0 Å². The average Bonchev–Trinajstić information content (AvgIpc) is 2.14. The summed E-state index contributed by atoms with van der Waals surface area (Å²) in [5.74, 6) is 1.24. The summed E-state index contributed by atoms with van der Waals surface area (Å²) < 4.78 is 0. The van der Waals surface area contributed by atoms with Gasteiger partial charge in [-0.1, -0.05) is 12.2 Å². The molecule has 0 spiro atoms. The van der Waals surface area contributed by atoms with Gasteiger partial charge in [-0.05, 0) is 46.0 Å². The Morgan fingerprint density at radius 3 is 2.62 bits per heavy atom. The maximum Gasteiger partial charge on any atom is 0.188 e. The highest BCUT2D eigenvalue weighted by molar-refractivity contribution is 14.0. The Morgan fingerprint density at radius 1 is 1.44 bits per heavy atom. The van der Waals surface area contributed by atoms with Gasteiger partial charge in [0.15, 0.2) is 5.96 Å². The standard InChI is InChI=1S/C12H23N3.HI/c1-12(2,3)15-11(13)14-9-10-7-5-4-6-8-10;/h4-5,10H,6-9H2,1-3H3,(H3,13,14,15);1H. The Kier molecular flexibility index (Phi) is 7.03. The van der Waals surface area contributed by atoms with Crippen molar-refractivity contribution in [1.29, 1.82) is 0 Å². The second kappa shape index (κ2) is 7.14. The van der Waals surface area contributed by atoms with Gasteiger partial charge in [-0.2, -0.15) is 0 Å². The SMILES string of the molecule is CC(C)(C)NC(N)=NCC1CC=CCC1.I. The first-order valence-corrected chi connectivity index (χ1v) is 5.70. The summed E-state index contributed by atoms with van der Waals surface area (Å²) >= 11 is 0. The molecule has 3 N–H and O–H groups in total. The van der Waals surface area contributed by atoms with Crippen molar-refractivity contribution in [1.82, 2.24) is 5.32 Å². The van der Waals surface area contributed by atoms with Crippen molar-refractivity contribution >= 4 is 29.9 Å². The van der Waals surface area contributed by atoms with Crippen molar-refractivity contribution in [3.63, 3.8) is 0 Å². The molecule has 16 heavy (non-hydrogen) atoms. The van der Waals surface area contributed by atoms with Crippen LogP contribution in [0.4, 0.5) is 0 Å². The first-order valence-electron chi connectivity index (χ1n) is 5.70. The molecule has 1 unspecified atom stereocenters. The quantitative estimate of drug-likeness (QED) is 0.352. The van der Waals surface area contributed by atoms with Crippen LogP contribution in [0.5, 0.6) is 0 Å². The maximum absolute atomic E-state index is 5.80. The summed E-state index contributed by atoms with van der Waals surface area (Å²) in [5, 5.41) is 3.17. The summed E-state index contributed by atoms with van der Waals surface area (Å²) in [6.07, 6.45) is 8.07. The summed E-state index contributed by atoms with van der Waals surface area (Å²) in [5.41, 5.74) is 5.80. The first kappa shape index (κ1) is 15.7. The number of halogens is 1. The highest BCUT2D eigenvalue weighted by Gasteiger charge is 2.11. The number of nitrogens with one attached hydrogen (secondary N) is 1. The van der Waals surface area contributed by atoms with Crippen LogP contribution in [-0.2, 0) is 0 Å². The molecule has 0 bridgehead atoms. The van der Waals surface area contributed by atoms with Crippen molar-refractivity contribution in [2.24, 2.45) is 16.6 Å². The number of nitrogens with zero attached hydrogens (tertiary/aromatic N) is 1. The maximum atomic E-state index is 5.80. The van der Waals surface area contributed by atoms with E-state index in [9.17, 15) is 0 Å². The average molecular weight is 337 g/mol. The summed E-state index contributed by atoms with van der Waals surface area (Å²) in [6, 6.07) is 0. The molecule has 94 valence electrons. The number of allylic oxidation sites excluding steroid dienone is 2. The number of hydrogen-bond donors (Lipinski definition) is 2. The molecule has 0 aromatic carbocycles. The third-order valence-corrected chi connectivity index (χ3v) is 2.40. The molecule has 1 aliphatic carbocycles. The van der Waals surface area contributed by atoms with Crippen molar-refractivity contribution in [3.8, 4) is 0 Å². The van der Waals surface area contributed by atoms with Gasteiger partial charge in [-0.3, -0.25) is 4.99 Å². The highest BCUT2D eigenvalue weighted by Crippen LogP contribution is 2.17. The third-order valence-electron chi connectivity index (χ3n) is 2.40. The van der Waals surface area contributed by atoms with Gasteiger partial charge in [-0.15, -0.1) is 24.0 Å². The number of nitrogens with two attached hydrogens (primary N) is 1. The van der Waals surface area contributed by atoms with E-state index in [1.165, 1.54) is 12.8 Å². The van der Waals surface area contributed by atoms with Crippen LogP contribution in [0.15, 0.2) is 17.1 Å². The molecule has 1 rings (SSSR count). The Hall–Kier alpha value is -0.260. The lowest BCUT2D eigenvalue weighted by molar-refractivity contribution is 0.482. The lowest BCUT2D eigenvalue weighted by Gasteiger charge is -2.22. The monoisotopic (exact) mass is 337 g/mol. The largest absolute Gasteiger partial charge is 0.370 e. The number of aliphatic imine (C=N–C) groups is 1. The molecule has 0 amide bonds. The zero-order valence-electron chi connectivity index (χ0n) is 10.5. The van der Waals surface area contributed by atoms with Crippen LogP contribution in [0, 0.1) is 5.92 Å². The van der Waals surface area contributed by atoms with E-state index in [4.69, 9.17) is 5.73 Å². The lowest BCUT2D eigenvalue weighted by atomic mass is 9.95. The molecule has 0 heterocycles. The number of hydrogen-bond acceptors (Lipinski definition) is 1. The molecule has 3 nitrogen and oxygen atoms in total. The van der Waals surface area contributed by atoms with Crippen LogP contribution in [0.25, 0.3) is 0 Å². The zero-order valence-corrected chi connectivity index (χ0v) is 12.8. The van der Waals surface area contributed by atoms with E-state index in [1.54, 1.807) is 0 Å². The summed E-state index contributed by atoms with van der Waals surface area (Å²) in [4.78, 5) is 4.38. The predicted molar refractivity (Wildman–Crippen MR) is 81.3 cm³/mol. The molecular formula is C12H24IN3. The highest BCUT2D eigenvalue weighted by atomic mass is 127. The third kappa shape index (κ3) is 7.09. The van der Waals surface area contributed by atoms with Crippen molar-refractivity contribution in [2.45, 2.75) is 45.6 Å². The van der Waals surface area contributed by atoms with E-state index >= 15 is 0 Å². The van der Waals surface area contributed by atoms with Crippen LogP contribution < -0.4 is 11.1 Å². The van der Waals surface area contributed by atoms with Crippen LogP contribution in [0.3, 0.4) is 0 Å². The topological polar surface area (TPSA) is 50.4 Å². The second-order valence-corrected chi connectivity index (χ2v) is 5.25. The van der Waals surface area contributed by atoms with E-state index in [0.29, 0.717) is 11.9 Å². The van der Waals surface area contributed by atoms with Gasteiger partial charge in [0.1, 0.15) is 0 Å². The van der Waals surface area contributed by atoms with E-state index in [0.717, 1.165) is 13.0 Å². The van der Waals surface area contributed by atoms with E-state index < -0.39 is 0 Å². The molecule has 0 aliphatic heterocycles. The lowest BCUT2D eigenvalue weighted by Crippen LogP contribution is -2.45. The number of rotatable bonds is 2. The van der Waals surface area contributed by atoms with Gasteiger partial charge < -0.3 is 11.1 Å². The minimum absolute atomic E-state index is 0. The number of guanidine groups is 1. The molecule has 0 radical (unpaired) electrons. The van der Waals surface area contributed by atoms with Crippen molar-refractivity contribution in [3.05, 3.63) is 12.2 Å². The summed E-state index contributed by atoms with van der Waals surface area (Å²) in [7, 11) is 0. The van der Waals surface area contributed by atoms with Crippen LogP contribution >= 0.6 is 24.0 Å². The molecule has 0 aromatic heterocycles. The Bertz CT molecular complexity index is 253. The molecule has 0 saturated carbocycles. The van der Waals surface area contributed by atoms with Crippen molar-refractivity contribution in [2.75, 3.05) is 6.54 Å². The molecule has 0 fully saturated rings. The molecular weight excluding hydrogens is 313 g/mol. The van der Waals surface area contributed by atoms with Crippen LogP contribution in [0.1, 0.15) is 40.0 Å². The van der Waals surface area contributed by atoms with Gasteiger partial charge >= 0.3 is 0 Å². The zero-order chi connectivity index (χ0) is 11.3. The van der Waals surface area contributed by atoms with Gasteiger partial charge in [0.05, 0.1) is 0 Å². The molecule has 1 atom stereocenters. The van der Waals surface area contributed by atoms with Crippen LogP contribution in [-0.4, -0.2) is 18.0 Å². The van der Waals surface area contributed by atoms with Gasteiger partial charge in [0, 0.05) is 12.1 Å². The minimum atomic E-state index is 0. The fourth-order valence-corrected chi connectivity index (χ4v) is 1.67. The van der Waals surface area contributed by atoms with E-state index in [2.05, 4.69) is 43.2 Å². The van der Waals surface area contributed by atoms with Gasteiger partial charge in [0.2, 0.25) is 0 Å². The Morgan fingerprint density at radius 2 is 2.12 bits per heavy atom. The second-order valence-electron chi connectivity index (χ2n) is 5.25. The molecule has 4 heteroatoms. The summed E-state index contributed by atoms with van der Waals surface area (Å²) in [6.45, 7) is 7.09. The smallest absolute Gasteiger partial charge is 0.188 e. The Balaban J connectivity index is 0.00000225. The molecule has 0 saturated heterocycles. The minimum Gasteiger partial charge on any atom is -0.370 e. The normalized spacial score (nSPS) is 21.4. The first-order chi connectivity index (χ1) is 6.97. The van der Waals surface area contributed by atoms with Crippen molar-refractivity contribution < 1.29 is 0 Å². The van der Waals surface area contributed by atoms with Gasteiger partial charge in [0.25, 0.3) is 0 Å². The van der Waals surface area contributed by atoms with Gasteiger partial charge in [-0.25, -0.2) is 0 Å². The van der Waals surface area contributed by atoms with E-state index in [-0.39, 0.29) is 29.5 Å². The Labute approximate surface area is 116 Å². The predicted octanol–water partition coefficient (Wildman–Crippen LogP) is 2.66. The molecule has 0 aromatic rings. The fourth-order valence-electron chi connectivity index (χ4n) is 1.67. The molecule has 1 aliphatic rings.